The van der Waals surface area contributed by atoms with E-state index in [1.807, 2.05) is 0 Å². The Labute approximate surface area is 172 Å². The second-order valence-electron chi connectivity index (χ2n) is 8.74. The normalized spacial score (nSPS) is 28.2. The molecular formula is C22H30N6O. The second-order valence-corrected chi connectivity index (χ2v) is 8.74. The van der Waals surface area contributed by atoms with Crippen molar-refractivity contribution in [2.24, 2.45) is 16.8 Å². The smallest absolute Gasteiger partial charge is 0.329 e. The highest BCUT2D eigenvalue weighted by Crippen LogP contribution is 2.30. The Morgan fingerprint density at radius 2 is 1.93 bits per heavy atom. The van der Waals surface area contributed by atoms with E-state index in [-0.39, 0.29) is 11.9 Å². The summed E-state index contributed by atoms with van der Waals surface area (Å²) in [7, 11) is 0. The molecule has 4 aliphatic rings. The molecule has 2 saturated heterocycles. The van der Waals surface area contributed by atoms with Crippen LogP contribution >= 0.6 is 0 Å². The van der Waals surface area contributed by atoms with Crippen molar-refractivity contribution in [3.05, 3.63) is 47.9 Å². The monoisotopic (exact) mass is 394 g/mol. The van der Waals surface area contributed by atoms with Crippen molar-refractivity contribution in [1.29, 1.82) is 0 Å². The minimum Gasteiger partial charge on any atom is -0.353 e. The number of urea groups is 1. The van der Waals surface area contributed by atoms with Crippen LogP contribution in [0.15, 0.2) is 47.3 Å². The van der Waals surface area contributed by atoms with Crippen molar-refractivity contribution in [1.82, 2.24) is 25.3 Å². The van der Waals surface area contributed by atoms with E-state index in [2.05, 4.69) is 63.9 Å². The third kappa shape index (κ3) is 3.76. The van der Waals surface area contributed by atoms with Gasteiger partial charge in [0.15, 0.2) is 5.82 Å². The molecule has 29 heavy (non-hydrogen) atoms. The van der Waals surface area contributed by atoms with E-state index < -0.39 is 0 Å². The lowest BCUT2D eigenvalue weighted by molar-refractivity contribution is 0.172. The Morgan fingerprint density at radius 1 is 1.14 bits per heavy atom. The predicted molar refractivity (Wildman–Crippen MR) is 113 cm³/mol. The number of amidine groups is 1. The molecule has 7 nitrogen and oxygen atoms in total. The molecule has 0 saturated carbocycles. The van der Waals surface area contributed by atoms with E-state index in [1.165, 1.54) is 5.56 Å². The SMILES string of the molecule is CC1CN(Cc2ccccc2)CC1C1=NC2=CN(C3CCNCC3)CN2C(=O)N1. The zero-order valence-electron chi connectivity index (χ0n) is 17.1. The summed E-state index contributed by atoms with van der Waals surface area (Å²) in [5.41, 5.74) is 1.33. The van der Waals surface area contributed by atoms with Gasteiger partial charge in [0.05, 0.1) is 0 Å². The molecule has 4 aliphatic heterocycles. The quantitative estimate of drug-likeness (QED) is 0.820. The van der Waals surface area contributed by atoms with Gasteiger partial charge in [-0.1, -0.05) is 37.3 Å². The summed E-state index contributed by atoms with van der Waals surface area (Å²) < 4.78 is 0. The number of fused-ring (bicyclic) bond motifs is 1. The number of nitrogens with zero attached hydrogens (tertiary/aromatic N) is 4. The van der Waals surface area contributed by atoms with Crippen LogP contribution in [0.2, 0.25) is 0 Å². The number of rotatable bonds is 4. The summed E-state index contributed by atoms with van der Waals surface area (Å²) in [4.78, 5) is 24.2. The van der Waals surface area contributed by atoms with Crippen molar-refractivity contribution in [2.75, 3.05) is 32.8 Å². The Balaban J connectivity index is 1.30. The van der Waals surface area contributed by atoms with Crippen molar-refractivity contribution in [3.8, 4) is 0 Å². The maximum absolute atomic E-state index is 12.8. The highest BCUT2D eigenvalue weighted by atomic mass is 16.2. The van der Waals surface area contributed by atoms with Crippen LogP contribution in [0.1, 0.15) is 25.3 Å². The number of carbonyl (C=O) groups is 1. The molecule has 2 N–H and O–H groups in total. The molecule has 0 bridgehead atoms. The lowest BCUT2D eigenvalue weighted by Crippen LogP contribution is -2.50. The number of nitrogens with one attached hydrogen (secondary N) is 2. The maximum atomic E-state index is 12.8. The summed E-state index contributed by atoms with van der Waals surface area (Å²) in [6, 6.07) is 11.0. The van der Waals surface area contributed by atoms with Crippen LogP contribution in [-0.2, 0) is 6.54 Å². The van der Waals surface area contributed by atoms with Gasteiger partial charge in [0, 0.05) is 37.8 Å². The van der Waals surface area contributed by atoms with Crippen molar-refractivity contribution < 1.29 is 4.79 Å². The zero-order valence-corrected chi connectivity index (χ0v) is 17.1. The molecule has 0 radical (unpaired) electrons. The molecule has 4 heterocycles. The molecule has 2 unspecified atom stereocenters. The Bertz CT molecular complexity index is 816. The largest absolute Gasteiger partial charge is 0.353 e. The third-order valence-corrected chi connectivity index (χ3v) is 6.64. The van der Waals surface area contributed by atoms with Crippen LogP contribution in [0, 0.1) is 11.8 Å². The van der Waals surface area contributed by atoms with E-state index in [4.69, 9.17) is 4.99 Å². The van der Waals surface area contributed by atoms with Gasteiger partial charge in [-0.05, 0) is 37.4 Å². The Hall–Kier alpha value is -2.38. The van der Waals surface area contributed by atoms with Gasteiger partial charge < -0.3 is 10.2 Å². The van der Waals surface area contributed by atoms with Gasteiger partial charge in [0.1, 0.15) is 12.5 Å². The van der Waals surface area contributed by atoms with E-state index in [0.717, 1.165) is 57.2 Å². The summed E-state index contributed by atoms with van der Waals surface area (Å²) in [6.45, 7) is 7.87. The van der Waals surface area contributed by atoms with Gasteiger partial charge in [0.2, 0.25) is 0 Å². The zero-order chi connectivity index (χ0) is 19.8. The number of benzene rings is 1. The molecule has 0 spiro atoms. The number of likely N-dealkylation sites (tertiary alicyclic amines) is 1. The third-order valence-electron chi connectivity index (χ3n) is 6.64. The van der Waals surface area contributed by atoms with Crippen molar-refractivity contribution >= 4 is 11.9 Å². The lowest BCUT2D eigenvalue weighted by atomic mass is 9.96. The van der Waals surface area contributed by atoms with Gasteiger partial charge >= 0.3 is 6.03 Å². The first-order valence-corrected chi connectivity index (χ1v) is 10.8. The van der Waals surface area contributed by atoms with Crippen LogP contribution in [0.5, 0.6) is 0 Å². The number of hydrogen-bond acceptors (Lipinski definition) is 5. The molecule has 2 fully saturated rings. The molecule has 1 aromatic carbocycles. The first-order chi connectivity index (χ1) is 14.2. The van der Waals surface area contributed by atoms with Crippen molar-refractivity contribution in [2.45, 2.75) is 32.4 Å². The summed E-state index contributed by atoms with van der Waals surface area (Å²) in [6.07, 6.45) is 4.32. The van der Waals surface area contributed by atoms with Crippen LogP contribution < -0.4 is 10.6 Å². The van der Waals surface area contributed by atoms with Gasteiger partial charge in [-0.25, -0.2) is 9.79 Å². The first-order valence-electron chi connectivity index (χ1n) is 10.8. The Morgan fingerprint density at radius 3 is 2.72 bits per heavy atom. The highest BCUT2D eigenvalue weighted by Gasteiger charge is 2.39. The molecule has 0 aliphatic carbocycles. The number of hydrogen-bond donors (Lipinski definition) is 2. The van der Waals surface area contributed by atoms with Gasteiger partial charge in [0.25, 0.3) is 0 Å². The fourth-order valence-corrected chi connectivity index (χ4v) is 5.01. The van der Waals surface area contributed by atoms with Gasteiger partial charge in [-0.3, -0.25) is 15.1 Å². The van der Waals surface area contributed by atoms with Crippen LogP contribution in [0.25, 0.3) is 0 Å². The summed E-state index contributed by atoms with van der Waals surface area (Å²) in [5, 5.41) is 6.51. The number of aliphatic imine (C=N–C) groups is 1. The molecule has 7 heteroatoms. The minimum absolute atomic E-state index is 0.0357. The highest BCUT2D eigenvalue weighted by molar-refractivity contribution is 6.02. The topological polar surface area (TPSA) is 63.2 Å². The molecule has 2 atom stereocenters. The standard InChI is InChI=1S/C22H30N6O/c1-16-11-26(12-17-5-3-2-4-6-17)13-19(16)21-24-20-14-27(15-28(20)22(29)25-21)18-7-9-23-10-8-18/h2-6,14,16,18-19,23H,7-13,15H2,1H3,(H,24,25,29). The van der Waals surface area contributed by atoms with E-state index in [9.17, 15) is 4.79 Å². The van der Waals surface area contributed by atoms with E-state index in [0.29, 0.717) is 18.6 Å². The summed E-state index contributed by atoms with van der Waals surface area (Å²) in [5.74, 6) is 2.37. The predicted octanol–water partition coefficient (Wildman–Crippen LogP) is 2.00. The fourth-order valence-electron chi connectivity index (χ4n) is 5.01. The van der Waals surface area contributed by atoms with Crippen LogP contribution in [-0.4, -0.2) is 65.5 Å². The number of carbonyl (C=O) groups excluding carboxylic acids is 1. The summed E-state index contributed by atoms with van der Waals surface area (Å²) >= 11 is 0. The first kappa shape index (κ1) is 18.6. The average molecular weight is 395 g/mol. The average Bonchev–Trinajstić information content (AvgIpc) is 3.33. The second kappa shape index (κ2) is 7.80. The van der Waals surface area contributed by atoms with Gasteiger partial charge in [-0.2, -0.15) is 0 Å². The Kier molecular flexibility index (Phi) is 5.01. The van der Waals surface area contributed by atoms with Crippen molar-refractivity contribution in [3.63, 3.8) is 0 Å². The van der Waals surface area contributed by atoms with Crippen LogP contribution in [0.4, 0.5) is 4.79 Å². The molecule has 2 amide bonds. The molecule has 0 aromatic heterocycles. The maximum Gasteiger partial charge on any atom is 0.329 e. The fraction of sp³-hybridized carbons (Fsp3) is 0.545. The minimum atomic E-state index is -0.0357. The van der Waals surface area contributed by atoms with Crippen LogP contribution in [0.3, 0.4) is 0 Å². The van der Waals surface area contributed by atoms with Gasteiger partial charge in [-0.15, -0.1) is 0 Å². The molecule has 1 aromatic rings. The number of amides is 2. The molecule has 154 valence electrons. The lowest BCUT2D eigenvalue weighted by Gasteiger charge is -2.32. The molecular weight excluding hydrogens is 364 g/mol. The number of piperidine rings is 1. The van der Waals surface area contributed by atoms with E-state index >= 15 is 0 Å². The molecule has 5 rings (SSSR count). The van der Waals surface area contributed by atoms with E-state index in [1.54, 1.807) is 4.90 Å².